The van der Waals surface area contributed by atoms with Gasteiger partial charge >= 0.3 is 35.7 Å². The molecule has 0 bridgehead atoms. The molecule has 0 aromatic heterocycles. The molecule has 0 aliphatic carbocycles. The van der Waals surface area contributed by atoms with Gasteiger partial charge in [-0.15, -0.1) is 12.3 Å². The Morgan fingerprint density at radius 2 is 1.47 bits per heavy atom. The van der Waals surface area contributed by atoms with Crippen LogP contribution in [0.15, 0.2) is 42.5 Å². The Bertz CT molecular complexity index is 1650. The zero-order valence-corrected chi connectivity index (χ0v) is 26.1. The molecule has 19 heteroatoms. The number of methoxy groups -OCH3 is 1. The Balaban J connectivity index is 1.97. The largest absolute Gasteiger partial charge is 0.514 e. The molecule has 0 saturated carbocycles. The lowest BCUT2D eigenvalue weighted by atomic mass is 9.97. The summed E-state index contributed by atoms with van der Waals surface area (Å²) >= 11 is 0. The zero-order chi connectivity index (χ0) is 36.4. The van der Waals surface area contributed by atoms with Gasteiger partial charge in [0.1, 0.15) is 11.9 Å². The predicted octanol–water partition coefficient (Wildman–Crippen LogP) is 2.85. The Labute approximate surface area is 276 Å². The van der Waals surface area contributed by atoms with E-state index in [0.29, 0.717) is 0 Å². The number of esters is 4. The molecule has 0 radical (unpaired) electrons. The fourth-order valence-corrected chi connectivity index (χ4v) is 4.48. The number of benzene rings is 2. The molecule has 0 amide bonds. The van der Waals surface area contributed by atoms with Crippen molar-refractivity contribution >= 4 is 41.4 Å². The third-order valence-electron chi connectivity index (χ3n) is 6.42. The van der Waals surface area contributed by atoms with Crippen LogP contribution in [0.2, 0.25) is 0 Å². The highest BCUT2D eigenvalue weighted by Gasteiger charge is 2.56. The van der Waals surface area contributed by atoms with Crippen LogP contribution >= 0.6 is 0 Å². The van der Waals surface area contributed by atoms with E-state index in [4.69, 9.17) is 44.3 Å². The van der Waals surface area contributed by atoms with Crippen molar-refractivity contribution in [2.24, 2.45) is 0 Å². The lowest BCUT2D eigenvalue weighted by Crippen LogP contribution is -2.64. The van der Waals surface area contributed by atoms with Crippen LogP contribution < -0.4 is 9.47 Å². The topological polar surface area (TPSA) is 245 Å². The van der Waals surface area contributed by atoms with E-state index < -0.39 is 88.1 Å². The quantitative estimate of drug-likeness (QED) is 0.0776. The van der Waals surface area contributed by atoms with Crippen molar-refractivity contribution in [3.05, 3.63) is 68.3 Å². The van der Waals surface area contributed by atoms with Crippen LogP contribution in [0.4, 0.5) is 16.2 Å². The van der Waals surface area contributed by atoms with Crippen LogP contribution in [0.1, 0.15) is 38.9 Å². The van der Waals surface area contributed by atoms with E-state index in [2.05, 4.69) is 5.92 Å². The number of hydrogen-bond donors (Lipinski definition) is 0. The van der Waals surface area contributed by atoms with Gasteiger partial charge in [-0.2, -0.15) is 0 Å². The molecular weight excluding hydrogens is 660 g/mol. The number of hydrogen-bond acceptors (Lipinski definition) is 17. The maximum atomic E-state index is 12.7. The molecule has 2 aromatic carbocycles. The molecule has 1 saturated heterocycles. The summed E-state index contributed by atoms with van der Waals surface area (Å²) in [6, 6.07) is 7.71. The van der Waals surface area contributed by atoms with Crippen LogP contribution in [-0.2, 0) is 47.6 Å². The van der Waals surface area contributed by atoms with Gasteiger partial charge in [0.2, 0.25) is 12.4 Å². The zero-order valence-electron chi connectivity index (χ0n) is 26.1. The molecular formula is C30H28N2O17. The van der Waals surface area contributed by atoms with E-state index in [0.717, 1.165) is 64.3 Å². The second-order valence-electron chi connectivity index (χ2n) is 9.89. The smallest absolute Gasteiger partial charge is 0.467 e. The molecule has 3 rings (SSSR count). The third kappa shape index (κ3) is 9.85. The molecule has 1 aliphatic heterocycles. The Hall–Kier alpha value is -6.29. The summed E-state index contributed by atoms with van der Waals surface area (Å²) in [4.78, 5) is 82.6. The van der Waals surface area contributed by atoms with Crippen molar-refractivity contribution in [3.8, 4) is 23.8 Å². The fourth-order valence-electron chi connectivity index (χ4n) is 4.48. The molecule has 19 nitrogen and oxygen atoms in total. The Kier molecular flexibility index (Phi) is 12.5. The van der Waals surface area contributed by atoms with Gasteiger partial charge in [-0.1, -0.05) is 6.07 Å². The number of rotatable bonds is 12. The van der Waals surface area contributed by atoms with E-state index in [1.807, 2.05) is 0 Å². The maximum Gasteiger partial charge on any atom is 0.514 e. The minimum absolute atomic E-state index is 0.00102. The molecule has 1 heterocycles. The highest BCUT2D eigenvalue weighted by molar-refractivity contribution is 5.77. The fraction of sp³-hybridized carbons (Fsp3) is 0.367. The van der Waals surface area contributed by atoms with E-state index in [9.17, 15) is 44.2 Å². The molecule has 49 heavy (non-hydrogen) atoms. The van der Waals surface area contributed by atoms with E-state index in [1.165, 1.54) is 6.07 Å². The van der Waals surface area contributed by atoms with Crippen LogP contribution in [0.3, 0.4) is 0 Å². The van der Waals surface area contributed by atoms with E-state index in [1.54, 1.807) is 0 Å². The number of carbonyl (C=O) groups excluding carboxylic acids is 5. The van der Waals surface area contributed by atoms with Crippen molar-refractivity contribution in [3.63, 3.8) is 0 Å². The molecule has 0 spiro atoms. The first-order valence-corrected chi connectivity index (χ1v) is 13.9. The number of non-ortho nitro benzene ring substituents is 1. The van der Waals surface area contributed by atoms with Gasteiger partial charge in [-0.3, -0.25) is 34.6 Å². The molecule has 1 aliphatic rings. The van der Waals surface area contributed by atoms with Crippen molar-refractivity contribution in [2.45, 2.75) is 64.0 Å². The highest BCUT2D eigenvalue weighted by atomic mass is 16.7. The Morgan fingerprint density at radius 1 is 0.878 bits per heavy atom. The normalized spacial score (nSPS) is 20.3. The average molecular weight is 689 g/mol. The first-order chi connectivity index (χ1) is 23.1. The standard InChI is InChI=1S/C30H28N2O17/c1-6-7-22(48-30(37)46-20-11-9-19(10-12-20)31(38)39)18-8-13-23(21(14-18)32(40)41)47-29-27(45-17(4)35)25(44-16(3)34)24(43-15(2)33)26(49-29)28(36)42-5/h1,8-14,22,24-27,29H,7H2,2-5H3. The number of nitro benzene ring substituents is 2. The van der Waals surface area contributed by atoms with Gasteiger partial charge < -0.3 is 37.9 Å². The van der Waals surface area contributed by atoms with Gasteiger partial charge in [0.15, 0.2) is 24.1 Å². The number of nitro groups is 2. The van der Waals surface area contributed by atoms with E-state index >= 15 is 0 Å². The average Bonchev–Trinajstić information content (AvgIpc) is 3.02. The summed E-state index contributed by atoms with van der Waals surface area (Å²) in [6.45, 7) is 2.94. The molecule has 0 N–H and O–H groups in total. The van der Waals surface area contributed by atoms with Crippen molar-refractivity contribution in [2.75, 3.05) is 7.11 Å². The lowest BCUT2D eigenvalue weighted by Gasteiger charge is -2.42. The lowest BCUT2D eigenvalue weighted by molar-refractivity contribution is -0.387. The van der Waals surface area contributed by atoms with Crippen molar-refractivity contribution in [1.29, 1.82) is 0 Å². The van der Waals surface area contributed by atoms with Crippen LogP contribution in [0.5, 0.6) is 11.5 Å². The number of ether oxygens (including phenoxy) is 8. The van der Waals surface area contributed by atoms with Crippen molar-refractivity contribution < 1.29 is 71.7 Å². The molecule has 1 fully saturated rings. The second kappa shape index (κ2) is 16.5. The van der Waals surface area contributed by atoms with Gasteiger partial charge in [-0.25, -0.2) is 9.59 Å². The van der Waals surface area contributed by atoms with Gasteiger partial charge in [0, 0.05) is 44.5 Å². The summed E-state index contributed by atoms with van der Waals surface area (Å²) < 4.78 is 42.1. The predicted molar refractivity (Wildman–Crippen MR) is 157 cm³/mol. The number of carbonyl (C=O) groups is 5. The summed E-state index contributed by atoms with van der Waals surface area (Å²) in [7, 11) is 0.978. The minimum Gasteiger partial charge on any atom is -0.467 e. The van der Waals surface area contributed by atoms with Gasteiger partial charge in [0.05, 0.1) is 23.4 Å². The monoisotopic (exact) mass is 688 g/mol. The number of terminal acetylenes is 1. The van der Waals surface area contributed by atoms with E-state index in [-0.39, 0.29) is 23.4 Å². The van der Waals surface area contributed by atoms with Crippen LogP contribution in [0.25, 0.3) is 0 Å². The molecule has 6 atom stereocenters. The van der Waals surface area contributed by atoms with Crippen LogP contribution in [-0.4, -0.2) is 77.7 Å². The summed E-state index contributed by atoms with van der Waals surface area (Å²) in [5.41, 5.74) is -1.01. The number of nitrogens with zero attached hydrogens (tertiary/aromatic N) is 2. The first-order valence-electron chi connectivity index (χ1n) is 13.9. The Morgan fingerprint density at radius 3 is 2.00 bits per heavy atom. The first kappa shape index (κ1) is 37.2. The van der Waals surface area contributed by atoms with Gasteiger partial charge in [0.25, 0.3) is 5.69 Å². The summed E-state index contributed by atoms with van der Waals surface area (Å²) in [6.07, 6.45) is -6.36. The minimum atomic E-state index is -1.90. The summed E-state index contributed by atoms with van der Waals surface area (Å²) in [5.74, 6) is -2.34. The maximum absolute atomic E-state index is 12.7. The molecule has 2 aromatic rings. The second-order valence-corrected chi connectivity index (χ2v) is 9.89. The third-order valence-corrected chi connectivity index (χ3v) is 6.42. The highest BCUT2D eigenvalue weighted by Crippen LogP contribution is 2.37. The van der Waals surface area contributed by atoms with Crippen molar-refractivity contribution in [1.82, 2.24) is 0 Å². The summed E-state index contributed by atoms with van der Waals surface area (Å²) in [5, 5.41) is 23.0. The van der Waals surface area contributed by atoms with Gasteiger partial charge in [-0.05, 0) is 18.2 Å². The SMILES string of the molecule is C#CCC(OC(=O)Oc1ccc([N+](=O)[O-])cc1)c1ccc(OC2OC(C(=O)OC)C(OC(C)=O)C(OC(C)=O)C2OC(C)=O)c([N+](=O)[O-])c1. The molecule has 6 unspecified atom stereocenters. The molecule has 260 valence electrons. The van der Waals surface area contributed by atoms with Crippen LogP contribution in [0, 0.1) is 32.6 Å².